The first-order chi connectivity index (χ1) is 7.50. The number of anilines is 1. The molecular formula is C11H10F2N2O. The van der Waals surface area contributed by atoms with Gasteiger partial charge in [0.25, 0.3) is 0 Å². The highest BCUT2D eigenvalue weighted by Crippen LogP contribution is 2.29. The maximum absolute atomic E-state index is 13.6. The third-order valence-corrected chi connectivity index (χ3v) is 2.36. The normalized spacial score (nSPS) is 10.8. The van der Waals surface area contributed by atoms with Gasteiger partial charge < -0.3 is 10.2 Å². The van der Waals surface area contributed by atoms with E-state index in [1.165, 1.54) is 0 Å². The smallest absolute Gasteiger partial charge is 0.232 e. The predicted molar refractivity (Wildman–Crippen MR) is 55.7 cm³/mol. The Kier molecular flexibility index (Phi) is 2.38. The zero-order valence-electron chi connectivity index (χ0n) is 8.84. The van der Waals surface area contributed by atoms with Gasteiger partial charge in [0, 0.05) is 0 Å². The summed E-state index contributed by atoms with van der Waals surface area (Å²) in [5, 5.41) is 0. The van der Waals surface area contributed by atoms with Crippen molar-refractivity contribution in [3.8, 4) is 11.5 Å². The zero-order chi connectivity index (χ0) is 11.9. The van der Waals surface area contributed by atoms with Gasteiger partial charge in [0.1, 0.15) is 17.1 Å². The predicted octanol–water partition coefficient (Wildman–Crippen LogP) is 2.82. The van der Waals surface area contributed by atoms with Crippen molar-refractivity contribution in [1.82, 2.24) is 4.98 Å². The van der Waals surface area contributed by atoms with E-state index in [2.05, 4.69) is 4.98 Å². The van der Waals surface area contributed by atoms with Gasteiger partial charge in [-0.1, -0.05) is 0 Å². The summed E-state index contributed by atoms with van der Waals surface area (Å²) in [7, 11) is 0. The fourth-order valence-electron chi connectivity index (χ4n) is 1.34. The summed E-state index contributed by atoms with van der Waals surface area (Å²) in [6.07, 6.45) is 0. The van der Waals surface area contributed by atoms with E-state index in [4.69, 9.17) is 10.2 Å². The molecule has 0 bridgehead atoms. The van der Waals surface area contributed by atoms with Crippen LogP contribution in [-0.4, -0.2) is 4.98 Å². The van der Waals surface area contributed by atoms with E-state index in [1.807, 2.05) is 0 Å². The highest BCUT2D eigenvalue weighted by atomic mass is 19.1. The first-order valence-corrected chi connectivity index (χ1v) is 4.68. The molecule has 2 aromatic rings. The Morgan fingerprint density at radius 2 is 1.94 bits per heavy atom. The molecule has 0 aliphatic carbocycles. The van der Waals surface area contributed by atoms with E-state index >= 15 is 0 Å². The van der Waals surface area contributed by atoms with Crippen molar-refractivity contribution in [2.45, 2.75) is 13.8 Å². The number of halogens is 2. The van der Waals surface area contributed by atoms with Crippen LogP contribution in [0.1, 0.15) is 11.5 Å². The van der Waals surface area contributed by atoms with Crippen LogP contribution in [-0.2, 0) is 0 Å². The minimum atomic E-state index is -0.846. The van der Waals surface area contributed by atoms with E-state index in [0.717, 1.165) is 12.1 Å². The molecule has 3 nitrogen and oxygen atoms in total. The molecular weight excluding hydrogens is 214 g/mol. The molecule has 1 heterocycles. The molecule has 2 rings (SSSR count). The zero-order valence-corrected chi connectivity index (χ0v) is 8.84. The van der Waals surface area contributed by atoms with E-state index in [9.17, 15) is 8.78 Å². The van der Waals surface area contributed by atoms with E-state index in [1.54, 1.807) is 13.8 Å². The van der Waals surface area contributed by atoms with Gasteiger partial charge in [0.05, 0.1) is 11.4 Å². The number of oxazole rings is 1. The van der Waals surface area contributed by atoms with E-state index < -0.39 is 11.6 Å². The Balaban J connectivity index is 2.68. The van der Waals surface area contributed by atoms with Crippen LogP contribution in [0.2, 0.25) is 0 Å². The molecule has 16 heavy (non-hydrogen) atoms. The first-order valence-electron chi connectivity index (χ1n) is 4.68. The second-order valence-electron chi connectivity index (χ2n) is 3.49. The van der Waals surface area contributed by atoms with Crippen LogP contribution in [0, 0.1) is 25.5 Å². The summed E-state index contributed by atoms with van der Waals surface area (Å²) in [6, 6.07) is 2.25. The van der Waals surface area contributed by atoms with Gasteiger partial charge in [-0.25, -0.2) is 13.8 Å². The van der Waals surface area contributed by atoms with Crippen LogP contribution >= 0.6 is 0 Å². The summed E-state index contributed by atoms with van der Waals surface area (Å²) < 4.78 is 32.3. The molecule has 1 aromatic carbocycles. The number of hydrogen-bond donors (Lipinski definition) is 1. The summed E-state index contributed by atoms with van der Waals surface area (Å²) in [5.41, 5.74) is 5.50. The Hall–Kier alpha value is -1.91. The fraction of sp³-hybridized carbons (Fsp3) is 0.182. The molecule has 0 fully saturated rings. The Morgan fingerprint density at radius 1 is 1.25 bits per heavy atom. The van der Waals surface area contributed by atoms with Gasteiger partial charge in [-0.15, -0.1) is 0 Å². The molecule has 84 valence electrons. The van der Waals surface area contributed by atoms with Crippen LogP contribution in [0.15, 0.2) is 16.5 Å². The average Bonchev–Trinajstić information content (AvgIpc) is 2.54. The SMILES string of the molecule is Cc1nc(-c2c(F)ccc(N)c2F)oc1C. The molecule has 0 atom stereocenters. The molecule has 5 heteroatoms. The average molecular weight is 224 g/mol. The fourth-order valence-corrected chi connectivity index (χ4v) is 1.34. The van der Waals surface area contributed by atoms with Gasteiger partial charge in [-0.2, -0.15) is 0 Å². The standard InChI is InChI=1S/C11H10F2N2O/c1-5-6(2)16-11(15-5)9-7(12)3-4-8(14)10(9)13/h3-4H,14H2,1-2H3. The van der Waals surface area contributed by atoms with Gasteiger partial charge in [0.2, 0.25) is 5.89 Å². The number of aryl methyl sites for hydroxylation is 2. The number of aromatic nitrogens is 1. The third kappa shape index (κ3) is 1.54. The maximum atomic E-state index is 13.6. The van der Waals surface area contributed by atoms with Crippen molar-refractivity contribution in [2.24, 2.45) is 0 Å². The molecule has 0 saturated heterocycles. The number of rotatable bonds is 1. The Morgan fingerprint density at radius 3 is 2.50 bits per heavy atom. The highest BCUT2D eigenvalue weighted by molar-refractivity contribution is 5.62. The van der Waals surface area contributed by atoms with Crippen molar-refractivity contribution >= 4 is 5.69 Å². The minimum Gasteiger partial charge on any atom is -0.441 e. The number of hydrogen-bond acceptors (Lipinski definition) is 3. The second-order valence-corrected chi connectivity index (χ2v) is 3.49. The quantitative estimate of drug-likeness (QED) is 0.758. The van der Waals surface area contributed by atoms with Crippen molar-refractivity contribution in [2.75, 3.05) is 5.73 Å². The highest BCUT2D eigenvalue weighted by Gasteiger charge is 2.19. The number of nitrogen functional groups attached to an aromatic ring is 1. The first kappa shape index (κ1) is 10.6. The lowest BCUT2D eigenvalue weighted by atomic mass is 10.1. The van der Waals surface area contributed by atoms with E-state index in [-0.39, 0.29) is 17.1 Å². The van der Waals surface area contributed by atoms with Crippen LogP contribution in [0.4, 0.5) is 14.5 Å². The van der Waals surface area contributed by atoms with Gasteiger partial charge in [-0.05, 0) is 26.0 Å². The molecule has 0 saturated carbocycles. The van der Waals surface area contributed by atoms with Gasteiger partial charge in [0.15, 0.2) is 5.82 Å². The van der Waals surface area contributed by atoms with Crippen molar-refractivity contribution in [3.05, 3.63) is 35.2 Å². The van der Waals surface area contributed by atoms with Crippen molar-refractivity contribution in [1.29, 1.82) is 0 Å². The minimum absolute atomic E-state index is 0.0858. The number of nitrogens with zero attached hydrogens (tertiary/aromatic N) is 1. The molecule has 1 aromatic heterocycles. The van der Waals surface area contributed by atoms with Crippen LogP contribution in [0.25, 0.3) is 11.5 Å². The molecule has 0 aliphatic rings. The summed E-state index contributed by atoms with van der Waals surface area (Å²) in [6.45, 7) is 3.37. The summed E-state index contributed by atoms with van der Waals surface area (Å²) in [5.74, 6) is -1.15. The molecule has 0 radical (unpaired) electrons. The van der Waals surface area contributed by atoms with Crippen molar-refractivity contribution in [3.63, 3.8) is 0 Å². The monoisotopic (exact) mass is 224 g/mol. The van der Waals surface area contributed by atoms with Gasteiger partial charge >= 0.3 is 0 Å². The third-order valence-electron chi connectivity index (χ3n) is 2.36. The molecule has 0 spiro atoms. The summed E-state index contributed by atoms with van der Waals surface area (Å²) >= 11 is 0. The lowest BCUT2D eigenvalue weighted by molar-refractivity contribution is 0.521. The second kappa shape index (κ2) is 3.59. The summed E-state index contributed by atoms with van der Waals surface area (Å²) in [4.78, 5) is 3.94. The molecule has 0 unspecified atom stereocenters. The maximum Gasteiger partial charge on any atom is 0.232 e. The molecule has 0 amide bonds. The lowest BCUT2D eigenvalue weighted by Gasteiger charge is -2.02. The van der Waals surface area contributed by atoms with Crippen molar-refractivity contribution < 1.29 is 13.2 Å². The Bertz CT molecular complexity index is 530. The van der Waals surface area contributed by atoms with Crippen LogP contribution in [0.3, 0.4) is 0 Å². The number of nitrogens with two attached hydrogens (primary N) is 1. The molecule has 0 aliphatic heterocycles. The number of benzene rings is 1. The van der Waals surface area contributed by atoms with Crippen LogP contribution in [0.5, 0.6) is 0 Å². The largest absolute Gasteiger partial charge is 0.441 e. The van der Waals surface area contributed by atoms with Gasteiger partial charge in [-0.3, -0.25) is 0 Å². The topological polar surface area (TPSA) is 52.0 Å². The lowest BCUT2D eigenvalue weighted by Crippen LogP contribution is -1.96. The Labute approximate surface area is 90.9 Å². The molecule has 2 N–H and O–H groups in total. The van der Waals surface area contributed by atoms with E-state index in [0.29, 0.717) is 11.5 Å². The van der Waals surface area contributed by atoms with Crippen LogP contribution < -0.4 is 5.73 Å².